The van der Waals surface area contributed by atoms with E-state index in [1.54, 1.807) is 12.1 Å². The molecular formula is C16H14BrN3O2S. The van der Waals surface area contributed by atoms with Crippen molar-refractivity contribution in [3.8, 4) is 10.7 Å². The Hall–Kier alpha value is -1.99. The van der Waals surface area contributed by atoms with Crippen molar-refractivity contribution in [3.63, 3.8) is 0 Å². The van der Waals surface area contributed by atoms with E-state index in [-0.39, 0.29) is 5.91 Å². The Balaban J connectivity index is 1.82. The summed E-state index contributed by atoms with van der Waals surface area (Å²) in [6.07, 6.45) is 0.698. The minimum atomic E-state index is -0.152. The molecule has 3 aromatic rings. The van der Waals surface area contributed by atoms with Gasteiger partial charge in [-0.05, 0) is 31.2 Å². The first kappa shape index (κ1) is 15.9. The van der Waals surface area contributed by atoms with Crippen molar-refractivity contribution in [3.05, 3.63) is 51.1 Å². The van der Waals surface area contributed by atoms with E-state index >= 15 is 0 Å². The summed E-state index contributed by atoms with van der Waals surface area (Å²) >= 11 is 4.89. The number of halogens is 1. The summed E-state index contributed by atoms with van der Waals surface area (Å²) < 4.78 is 6.00. The van der Waals surface area contributed by atoms with Crippen molar-refractivity contribution in [2.45, 2.75) is 20.3 Å². The minimum Gasteiger partial charge on any atom is -0.339 e. The van der Waals surface area contributed by atoms with Crippen LogP contribution in [0.4, 0.5) is 5.69 Å². The van der Waals surface area contributed by atoms with E-state index in [9.17, 15) is 4.79 Å². The molecule has 118 valence electrons. The van der Waals surface area contributed by atoms with Crippen molar-refractivity contribution >= 4 is 38.9 Å². The summed E-state index contributed by atoms with van der Waals surface area (Å²) in [5.74, 6) is 1.00. The molecule has 0 aliphatic carbocycles. The number of amides is 1. The van der Waals surface area contributed by atoms with Crippen molar-refractivity contribution in [1.29, 1.82) is 0 Å². The largest absolute Gasteiger partial charge is 0.339 e. The quantitative estimate of drug-likeness (QED) is 0.700. The molecule has 5 nitrogen and oxygen atoms in total. The Morgan fingerprint density at radius 2 is 2.22 bits per heavy atom. The maximum atomic E-state index is 12.3. The highest BCUT2D eigenvalue weighted by molar-refractivity contribution is 9.10. The Bertz CT molecular complexity index is 857. The normalized spacial score (nSPS) is 10.7. The van der Waals surface area contributed by atoms with Gasteiger partial charge in [0.15, 0.2) is 0 Å². The molecular weight excluding hydrogens is 378 g/mol. The zero-order valence-corrected chi connectivity index (χ0v) is 15.0. The average molecular weight is 392 g/mol. The van der Waals surface area contributed by atoms with Crippen molar-refractivity contribution in [1.82, 2.24) is 10.1 Å². The number of nitrogens with one attached hydrogen (secondary N) is 1. The molecule has 3 rings (SSSR count). The molecule has 23 heavy (non-hydrogen) atoms. The average Bonchev–Trinajstić information content (AvgIpc) is 3.14. The third kappa shape index (κ3) is 3.51. The van der Waals surface area contributed by atoms with Crippen LogP contribution in [-0.4, -0.2) is 16.0 Å². The molecule has 1 N–H and O–H groups in total. The second-order valence-electron chi connectivity index (χ2n) is 4.91. The van der Waals surface area contributed by atoms with E-state index < -0.39 is 0 Å². The summed E-state index contributed by atoms with van der Waals surface area (Å²) in [6.45, 7) is 3.91. The number of carbonyl (C=O) groups excluding carboxylic acids is 1. The Kier molecular flexibility index (Phi) is 4.58. The van der Waals surface area contributed by atoms with Crippen molar-refractivity contribution < 1.29 is 9.32 Å². The maximum absolute atomic E-state index is 12.3. The van der Waals surface area contributed by atoms with Gasteiger partial charge in [0.2, 0.25) is 11.7 Å². The molecule has 0 spiro atoms. The fourth-order valence-electron chi connectivity index (χ4n) is 2.04. The number of nitrogens with zero attached hydrogens (tertiary/aromatic N) is 2. The van der Waals surface area contributed by atoms with Gasteiger partial charge in [0.05, 0.1) is 10.6 Å². The van der Waals surface area contributed by atoms with E-state index in [0.29, 0.717) is 23.7 Å². The predicted octanol–water partition coefficient (Wildman–Crippen LogP) is 4.68. The topological polar surface area (TPSA) is 68.0 Å². The van der Waals surface area contributed by atoms with Crippen LogP contribution in [0.5, 0.6) is 0 Å². The molecule has 0 aliphatic heterocycles. The van der Waals surface area contributed by atoms with Crippen molar-refractivity contribution in [2.75, 3.05) is 5.32 Å². The number of aryl methyl sites for hydroxylation is 2. The highest BCUT2D eigenvalue weighted by Crippen LogP contribution is 2.33. The third-order valence-electron chi connectivity index (χ3n) is 3.24. The smallest absolute Gasteiger partial charge is 0.255 e. The van der Waals surface area contributed by atoms with E-state index in [0.717, 1.165) is 19.9 Å². The third-order valence-corrected chi connectivity index (χ3v) is 4.78. The molecule has 0 unspecified atom stereocenters. The predicted molar refractivity (Wildman–Crippen MR) is 93.8 cm³/mol. The molecule has 1 aromatic carbocycles. The fraction of sp³-hybridized carbons (Fsp3) is 0.188. The Labute approximate surface area is 145 Å². The number of benzene rings is 1. The summed E-state index contributed by atoms with van der Waals surface area (Å²) in [4.78, 5) is 18.5. The van der Waals surface area contributed by atoms with Gasteiger partial charge in [0.1, 0.15) is 0 Å². The zero-order chi connectivity index (χ0) is 16.4. The van der Waals surface area contributed by atoms with E-state index in [1.807, 2.05) is 32.0 Å². The van der Waals surface area contributed by atoms with Crippen LogP contribution < -0.4 is 5.32 Å². The van der Waals surface area contributed by atoms with Gasteiger partial charge in [-0.1, -0.05) is 34.1 Å². The van der Waals surface area contributed by atoms with Crippen LogP contribution >= 0.6 is 27.3 Å². The molecule has 7 heteroatoms. The van der Waals surface area contributed by atoms with Crippen LogP contribution in [0.15, 0.2) is 39.3 Å². The summed E-state index contributed by atoms with van der Waals surface area (Å²) in [5, 5.41) is 6.90. The lowest BCUT2D eigenvalue weighted by Gasteiger charge is -2.04. The number of thiophene rings is 1. The summed E-state index contributed by atoms with van der Waals surface area (Å²) in [7, 11) is 0. The lowest BCUT2D eigenvalue weighted by atomic mass is 10.2. The number of hydrogen-bond acceptors (Lipinski definition) is 5. The Morgan fingerprint density at radius 1 is 1.39 bits per heavy atom. The molecule has 0 radical (unpaired) electrons. The van der Waals surface area contributed by atoms with Gasteiger partial charge in [-0.25, -0.2) is 0 Å². The number of anilines is 1. The molecule has 0 aliphatic rings. The van der Waals surface area contributed by atoms with Crippen LogP contribution in [-0.2, 0) is 6.42 Å². The number of aromatic nitrogens is 2. The molecule has 2 heterocycles. The van der Waals surface area contributed by atoms with Crippen molar-refractivity contribution in [2.24, 2.45) is 0 Å². The molecule has 0 saturated heterocycles. The second kappa shape index (κ2) is 6.64. The maximum Gasteiger partial charge on any atom is 0.255 e. The first-order valence-corrected chi connectivity index (χ1v) is 8.68. The monoisotopic (exact) mass is 391 g/mol. The van der Waals surface area contributed by atoms with Crippen LogP contribution in [0.1, 0.15) is 28.0 Å². The van der Waals surface area contributed by atoms with Gasteiger partial charge in [-0.15, -0.1) is 11.3 Å². The van der Waals surface area contributed by atoms with Crippen LogP contribution in [0, 0.1) is 6.92 Å². The molecule has 0 saturated carbocycles. The molecule has 0 atom stereocenters. The van der Waals surface area contributed by atoms with Gasteiger partial charge in [-0.3, -0.25) is 4.79 Å². The number of carbonyl (C=O) groups is 1. The standard InChI is InChI=1S/C16H14BrN3O2S/c1-3-14-19-15(20-22-14)13-8-12(9(2)23-13)18-16(21)10-5-4-6-11(17)7-10/h4-8H,3H2,1-2H3,(H,18,21). The van der Waals surface area contributed by atoms with Crippen LogP contribution in [0.2, 0.25) is 0 Å². The van der Waals surface area contributed by atoms with Gasteiger partial charge < -0.3 is 9.84 Å². The zero-order valence-electron chi connectivity index (χ0n) is 12.6. The highest BCUT2D eigenvalue weighted by Gasteiger charge is 2.15. The van der Waals surface area contributed by atoms with Gasteiger partial charge in [0.25, 0.3) is 5.91 Å². The van der Waals surface area contributed by atoms with Crippen LogP contribution in [0.25, 0.3) is 10.7 Å². The SMILES string of the molecule is CCc1nc(-c2cc(NC(=O)c3cccc(Br)c3)c(C)s2)no1. The lowest BCUT2D eigenvalue weighted by molar-refractivity contribution is 0.102. The van der Waals surface area contributed by atoms with E-state index in [1.165, 1.54) is 11.3 Å². The second-order valence-corrected chi connectivity index (χ2v) is 7.08. The van der Waals surface area contributed by atoms with Crippen LogP contribution in [0.3, 0.4) is 0 Å². The van der Waals surface area contributed by atoms with E-state index in [4.69, 9.17) is 4.52 Å². The van der Waals surface area contributed by atoms with E-state index in [2.05, 4.69) is 31.4 Å². The number of hydrogen-bond donors (Lipinski definition) is 1. The first-order valence-electron chi connectivity index (χ1n) is 7.07. The number of rotatable bonds is 4. The highest BCUT2D eigenvalue weighted by atomic mass is 79.9. The first-order chi connectivity index (χ1) is 11.1. The van der Waals surface area contributed by atoms with Gasteiger partial charge in [0, 0.05) is 21.3 Å². The molecule has 1 amide bonds. The summed E-state index contributed by atoms with van der Waals surface area (Å²) in [6, 6.07) is 9.14. The summed E-state index contributed by atoms with van der Waals surface area (Å²) in [5.41, 5.74) is 1.36. The van der Waals surface area contributed by atoms with Gasteiger partial charge in [-0.2, -0.15) is 4.98 Å². The molecule has 2 aromatic heterocycles. The minimum absolute atomic E-state index is 0.152. The lowest BCUT2D eigenvalue weighted by Crippen LogP contribution is -2.11. The van der Waals surface area contributed by atoms with Gasteiger partial charge >= 0.3 is 0 Å². The fourth-order valence-corrected chi connectivity index (χ4v) is 3.34. The Morgan fingerprint density at radius 3 is 2.91 bits per heavy atom. The molecule has 0 bridgehead atoms. The molecule has 0 fully saturated rings.